The highest BCUT2D eigenvalue weighted by Gasteiger charge is 2.01. The van der Waals surface area contributed by atoms with E-state index >= 15 is 0 Å². The van der Waals surface area contributed by atoms with Crippen LogP contribution in [0, 0.1) is 6.92 Å². The van der Waals surface area contributed by atoms with Gasteiger partial charge >= 0.3 is 0 Å². The molecule has 1 atom stereocenters. The molecule has 1 N–H and O–H groups in total. The van der Waals surface area contributed by atoms with Gasteiger partial charge in [0, 0.05) is 6.54 Å². The van der Waals surface area contributed by atoms with E-state index < -0.39 is 0 Å². The van der Waals surface area contributed by atoms with Crippen LogP contribution in [0.3, 0.4) is 0 Å². The summed E-state index contributed by atoms with van der Waals surface area (Å²) in [5, 5.41) is 9.21. The predicted molar refractivity (Wildman–Crippen MR) is 73.3 cm³/mol. The van der Waals surface area contributed by atoms with Gasteiger partial charge in [-0.2, -0.15) is 0 Å². The molecule has 0 fully saturated rings. The zero-order valence-corrected chi connectivity index (χ0v) is 11.3. The minimum Gasteiger partial charge on any atom is -0.393 e. The topological polar surface area (TPSA) is 23.5 Å². The Bertz CT molecular complexity index is 322. The average Bonchev–Trinajstić information content (AvgIpc) is 2.26. The lowest BCUT2D eigenvalue weighted by atomic mass is 10.1. The van der Waals surface area contributed by atoms with Gasteiger partial charge in [-0.1, -0.05) is 29.8 Å². The van der Waals surface area contributed by atoms with E-state index in [-0.39, 0.29) is 6.10 Å². The summed E-state index contributed by atoms with van der Waals surface area (Å²) in [6.45, 7) is 6.06. The van der Waals surface area contributed by atoms with Crippen LogP contribution in [0.1, 0.15) is 30.9 Å². The SMILES string of the molecule is Cc1cccc(CCCN(C)CCC(C)O)c1. The Balaban J connectivity index is 2.19. The van der Waals surface area contributed by atoms with Gasteiger partial charge in [0.15, 0.2) is 0 Å². The monoisotopic (exact) mass is 235 g/mol. The van der Waals surface area contributed by atoms with Crippen molar-refractivity contribution in [1.82, 2.24) is 4.90 Å². The van der Waals surface area contributed by atoms with E-state index in [0.29, 0.717) is 0 Å². The zero-order valence-electron chi connectivity index (χ0n) is 11.3. The van der Waals surface area contributed by atoms with Crippen molar-refractivity contribution in [3.8, 4) is 0 Å². The average molecular weight is 235 g/mol. The molecule has 0 saturated heterocycles. The van der Waals surface area contributed by atoms with Crippen LogP contribution in [-0.2, 0) is 6.42 Å². The maximum absolute atomic E-state index is 9.21. The second-order valence-electron chi connectivity index (χ2n) is 5.03. The molecule has 96 valence electrons. The van der Waals surface area contributed by atoms with Gasteiger partial charge in [-0.25, -0.2) is 0 Å². The quantitative estimate of drug-likeness (QED) is 0.785. The van der Waals surface area contributed by atoms with E-state index in [1.807, 2.05) is 6.92 Å². The normalized spacial score (nSPS) is 13.0. The third-order valence-electron chi connectivity index (χ3n) is 3.02. The van der Waals surface area contributed by atoms with Crippen LogP contribution in [0.2, 0.25) is 0 Å². The van der Waals surface area contributed by atoms with Crippen molar-refractivity contribution in [2.24, 2.45) is 0 Å². The first kappa shape index (κ1) is 14.2. The number of benzene rings is 1. The molecule has 0 saturated carbocycles. The fourth-order valence-corrected chi connectivity index (χ4v) is 1.94. The maximum Gasteiger partial charge on any atom is 0.0524 e. The summed E-state index contributed by atoms with van der Waals surface area (Å²) in [4.78, 5) is 2.29. The van der Waals surface area contributed by atoms with E-state index in [2.05, 4.69) is 43.1 Å². The van der Waals surface area contributed by atoms with Gasteiger partial charge in [0.05, 0.1) is 6.10 Å². The van der Waals surface area contributed by atoms with Crippen molar-refractivity contribution in [1.29, 1.82) is 0 Å². The Hall–Kier alpha value is -0.860. The van der Waals surface area contributed by atoms with Gasteiger partial charge in [-0.15, -0.1) is 0 Å². The van der Waals surface area contributed by atoms with Crippen molar-refractivity contribution >= 4 is 0 Å². The molecule has 0 aliphatic carbocycles. The Kier molecular flexibility index (Phi) is 6.23. The van der Waals surface area contributed by atoms with E-state index in [1.165, 1.54) is 17.5 Å². The molecule has 2 nitrogen and oxygen atoms in total. The van der Waals surface area contributed by atoms with Crippen LogP contribution in [0.15, 0.2) is 24.3 Å². The van der Waals surface area contributed by atoms with Gasteiger partial charge in [0.25, 0.3) is 0 Å². The Morgan fingerprint density at radius 1 is 1.29 bits per heavy atom. The molecular formula is C15H25NO. The lowest BCUT2D eigenvalue weighted by Gasteiger charge is -2.17. The van der Waals surface area contributed by atoms with Crippen molar-refractivity contribution in [3.05, 3.63) is 35.4 Å². The molecule has 0 radical (unpaired) electrons. The number of aryl methyl sites for hydroxylation is 2. The Morgan fingerprint density at radius 3 is 2.71 bits per heavy atom. The third-order valence-corrected chi connectivity index (χ3v) is 3.02. The molecule has 17 heavy (non-hydrogen) atoms. The lowest BCUT2D eigenvalue weighted by molar-refractivity contribution is 0.164. The minimum atomic E-state index is -0.186. The molecule has 1 rings (SSSR count). The molecule has 0 heterocycles. The zero-order chi connectivity index (χ0) is 12.7. The molecule has 1 unspecified atom stereocenters. The number of hydrogen-bond acceptors (Lipinski definition) is 2. The number of rotatable bonds is 7. The van der Waals surface area contributed by atoms with Crippen LogP contribution in [-0.4, -0.2) is 36.2 Å². The van der Waals surface area contributed by atoms with Crippen molar-refractivity contribution < 1.29 is 5.11 Å². The number of nitrogens with zero attached hydrogens (tertiary/aromatic N) is 1. The molecule has 1 aromatic carbocycles. The number of aliphatic hydroxyl groups excluding tert-OH is 1. The summed E-state index contributed by atoms with van der Waals surface area (Å²) >= 11 is 0. The first-order valence-electron chi connectivity index (χ1n) is 6.50. The lowest BCUT2D eigenvalue weighted by Crippen LogP contribution is -2.23. The molecule has 0 amide bonds. The molecule has 0 spiro atoms. The predicted octanol–water partition coefficient (Wildman–Crippen LogP) is 2.63. The summed E-state index contributed by atoms with van der Waals surface area (Å²) < 4.78 is 0. The number of aliphatic hydroxyl groups is 1. The van der Waals surface area contributed by atoms with E-state index in [0.717, 1.165) is 25.9 Å². The van der Waals surface area contributed by atoms with Crippen LogP contribution < -0.4 is 0 Å². The fraction of sp³-hybridized carbons (Fsp3) is 0.600. The minimum absolute atomic E-state index is 0.186. The second kappa shape index (κ2) is 7.46. The summed E-state index contributed by atoms with van der Waals surface area (Å²) in [6, 6.07) is 8.72. The fourth-order valence-electron chi connectivity index (χ4n) is 1.94. The summed E-state index contributed by atoms with van der Waals surface area (Å²) in [5.41, 5.74) is 2.76. The molecule has 1 aromatic rings. The highest BCUT2D eigenvalue weighted by Crippen LogP contribution is 2.07. The first-order chi connectivity index (χ1) is 8.08. The molecular weight excluding hydrogens is 210 g/mol. The highest BCUT2D eigenvalue weighted by molar-refractivity contribution is 5.22. The van der Waals surface area contributed by atoms with E-state index in [4.69, 9.17) is 0 Å². The van der Waals surface area contributed by atoms with Gasteiger partial charge in [-0.05, 0) is 52.3 Å². The highest BCUT2D eigenvalue weighted by atomic mass is 16.3. The molecule has 0 aromatic heterocycles. The molecule has 2 heteroatoms. The van der Waals surface area contributed by atoms with Crippen LogP contribution in [0.5, 0.6) is 0 Å². The van der Waals surface area contributed by atoms with Gasteiger partial charge in [-0.3, -0.25) is 0 Å². The van der Waals surface area contributed by atoms with Gasteiger partial charge in [0.1, 0.15) is 0 Å². The van der Waals surface area contributed by atoms with Gasteiger partial charge < -0.3 is 10.0 Å². The Labute approximate surface area is 105 Å². The van der Waals surface area contributed by atoms with Crippen LogP contribution >= 0.6 is 0 Å². The summed E-state index contributed by atoms with van der Waals surface area (Å²) in [6.07, 6.45) is 3.00. The molecule has 0 aliphatic heterocycles. The molecule has 0 bridgehead atoms. The second-order valence-corrected chi connectivity index (χ2v) is 5.03. The van der Waals surface area contributed by atoms with Crippen LogP contribution in [0.4, 0.5) is 0 Å². The molecule has 0 aliphatic rings. The number of hydrogen-bond donors (Lipinski definition) is 1. The maximum atomic E-state index is 9.21. The van der Waals surface area contributed by atoms with Crippen molar-refractivity contribution in [2.45, 2.75) is 39.2 Å². The van der Waals surface area contributed by atoms with E-state index in [1.54, 1.807) is 0 Å². The van der Waals surface area contributed by atoms with Crippen LogP contribution in [0.25, 0.3) is 0 Å². The Morgan fingerprint density at radius 2 is 2.06 bits per heavy atom. The van der Waals surface area contributed by atoms with Gasteiger partial charge in [0.2, 0.25) is 0 Å². The largest absolute Gasteiger partial charge is 0.393 e. The van der Waals surface area contributed by atoms with E-state index in [9.17, 15) is 5.11 Å². The van der Waals surface area contributed by atoms with Crippen molar-refractivity contribution in [3.63, 3.8) is 0 Å². The third kappa shape index (κ3) is 6.44. The summed E-state index contributed by atoms with van der Waals surface area (Å²) in [7, 11) is 2.12. The first-order valence-corrected chi connectivity index (χ1v) is 6.50. The van der Waals surface area contributed by atoms with Crippen molar-refractivity contribution in [2.75, 3.05) is 20.1 Å². The standard InChI is InChI=1S/C15H25NO/c1-13-6-4-7-15(12-13)8-5-10-16(3)11-9-14(2)17/h4,6-7,12,14,17H,5,8-11H2,1-3H3. The smallest absolute Gasteiger partial charge is 0.0524 e. The summed E-state index contributed by atoms with van der Waals surface area (Å²) in [5.74, 6) is 0.